The van der Waals surface area contributed by atoms with E-state index in [0.717, 1.165) is 16.5 Å². The highest BCUT2D eigenvalue weighted by molar-refractivity contribution is 7.99. The van der Waals surface area contributed by atoms with Gasteiger partial charge in [0.25, 0.3) is 0 Å². The normalized spacial score (nSPS) is 10.8. The Bertz CT molecular complexity index is 1050. The van der Waals surface area contributed by atoms with Crippen molar-refractivity contribution in [3.8, 4) is 0 Å². The van der Waals surface area contributed by atoms with Crippen molar-refractivity contribution in [3.63, 3.8) is 0 Å². The van der Waals surface area contributed by atoms with Gasteiger partial charge in [0.15, 0.2) is 10.3 Å². The standard InChI is InChI=1S/C21H19N5OS2/c27-19(23-20-22-11-12-28-20)15-29-21-25-24-18(13-16-7-3-1-4-8-16)26(21)14-17-9-5-2-6-10-17/h1-12H,13-15H2,(H,22,23,27). The van der Waals surface area contributed by atoms with Gasteiger partial charge in [-0.2, -0.15) is 0 Å². The van der Waals surface area contributed by atoms with Crippen molar-refractivity contribution in [2.75, 3.05) is 11.1 Å². The second-order valence-electron chi connectivity index (χ2n) is 6.31. The van der Waals surface area contributed by atoms with E-state index in [1.807, 2.05) is 41.8 Å². The first-order chi connectivity index (χ1) is 14.3. The molecular formula is C21H19N5OS2. The maximum absolute atomic E-state index is 12.2. The Morgan fingerprint density at radius 3 is 2.41 bits per heavy atom. The topological polar surface area (TPSA) is 72.7 Å². The lowest BCUT2D eigenvalue weighted by atomic mass is 10.1. The Hall–Kier alpha value is -2.97. The highest BCUT2D eigenvalue weighted by atomic mass is 32.2. The minimum atomic E-state index is -0.108. The summed E-state index contributed by atoms with van der Waals surface area (Å²) in [6.45, 7) is 0.659. The lowest BCUT2D eigenvalue weighted by Gasteiger charge is -2.10. The predicted molar refractivity (Wildman–Crippen MR) is 116 cm³/mol. The molecule has 0 atom stereocenters. The first-order valence-electron chi connectivity index (χ1n) is 9.10. The van der Waals surface area contributed by atoms with Crippen LogP contribution in [0.1, 0.15) is 17.0 Å². The number of nitrogens with one attached hydrogen (secondary N) is 1. The molecule has 0 spiro atoms. The molecule has 0 saturated carbocycles. The van der Waals surface area contributed by atoms with E-state index in [1.165, 1.54) is 28.7 Å². The Kier molecular flexibility index (Phi) is 6.33. The van der Waals surface area contributed by atoms with Crippen LogP contribution in [0.15, 0.2) is 77.4 Å². The zero-order valence-electron chi connectivity index (χ0n) is 15.6. The number of carbonyl (C=O) groups excluding carboxylic acids is 1. The van der Waals surface area contributed by atoms with Crippen LogP contribution in [0, 0.1) is 0 Å². The minimum Gasteiger partial charge on any atom is -0.301 e. The number of hydrogen-bond donors (Lipinski definition) is 1. The summed E-state index contributed by atoms with van der Waals surface area (Å²) < 4.78 is 2.09. The van der Waals surface area contributed by atoms with Crippen LogP contribution < -0.4 is 5.32 Å². The number of aromatic nitrogens is 4. The van der Waals surface area contributed by atoms with Crippen molar-refractivity contribution >= 4 is 34.1 Å². The van der Waals surface area contributed by atoms with Crippen molar-refractivity contribution < 1.29 is 4.79 Å². The summed E-state index contributed by atoms with van der Waals surface area (Å²) in [7, 11) is 0. The summed E-state index contributed by atoms with van der Waals surface area (Å²) in [5.74, 6) is 1.02. The molecule has 0 saturated heterocycles. The minimum absolute atomic E-state index is 0.108. The third-order valence-electron chi connectivity index (χ3n) is 4.19. The third kappa shape index (κ3) is 5.30. The van der Waals surface area contributed by atoms with Crippen molar-refractivity contribution in [1.82, 2.24) is 19.7 Å². The summed E-state index contributed by atoms with van der Waals surface area (Å²) in [6, 6.07) is 20.4. The number of rotatable bonds is 8. The molecule has 0 aliphatic rings. The number of hydrogen-bond acceptors (Lipinski definition) is 6. The monoisotopic (exact) mass is 421 g/mol. The number of anilines is 1. The smallest absolute Gasteiger partial charge is 0.236 e. The molecule has 0 radical (unpaired) electrons. The van der Waals surface area contributed by atoms with Crippen LogP contribution in [0.4, 0.5) is 5.13 Å². The van der Waals surface area contributed by atoms with Gasteiger partial charge in [-0.05, 0) is 11.1 Å². The van der Waals surface area contributed by atoms with Crippen LogP contribution in [-0.2, 0) is 17.8 Å². The molecule has 1 N–H and O–H groups in total. The Labute approximate surface area is 177 Å². The molecule has 0 aliphatic heterocycles. The summed E-state index contributed by atoms with van der Waals surface area (Å²) in [5.41, 5.74) is 2.34. The van der Waals surface area contributed by atoms with E-state index >= 15 is 0 Å². The van der Waals surface area contributed by atoms with E-state index in [0.29, 0.717) is 18.1 Å². The highest BCUT2D eigenvalue weighted by Gasteiger charge is 2.15. The molecule has 2 heterocycles. The fourth-order valence-electron chi connectivity index (χ4n) is 2.83. The third-order valence-corrected chi connectivity index (χ3v) is 5.85. The lowest BCUT2D eigenvalue weighted by Crippen LogP contribution is -2.15. The van der Waals surface area contributed by atoms with Gasteiger partial charge < -0.3 is 9.88 Å². The first kappa shape index (κ1) is 19.4. The zero-order chi connectivity index (χ0) is 19.9. The van der Waals surface area contributed by atoms with Gasteiger partial charge in [0.05, 0.1) is 12.3 Å². The predicted octanol–water partition coefficient (Wildman–Crippen LogP) is 4.10. The zero-order valence-corrected chi connectivity index (χ0v) is 17.2. The quantitative estimate of drug-likeness (QED) is 0.434. The van der Waals surface area contributed by atoms with E-state index in [-0.39, 0.29) is 11.7 Å². The lowest BCUT2D eigenvalue weighted by molar-refractivity contribution is -0.113. The molecule has 2 aromatic carbocycles. The molecule has 4 rings (SSSR count). The molecule has 0 fully saturated rings. The molecule has 2 aromatic heterocycles. The molecular weight excluding hydrogens is 402 g/mol. The summed E-state index contributed by atoms with van der Waals surface area (Å²) in [5, 5.41) is 14.7. The van der Waals surface area contributed by atoms with Gasteiger partial charge in [-0.1, -0.05) is 72.4 Å². The van der Waals surface area contributed by atoms with Crippen LogP contribution >= 0.6 is 23.1 Å². The van der Waals surface area contributed by atoms with Crippen LogP contribution in [0.2, 0.25) is 0 Å². The van der Waals surface area contributed by atoms with Crippen LogP contribution in [0.3, 0.4) is 0 Å². The number of thioether (sulfide) groups is 1. The van der Waals surface area contributed by atoms with Gasteiger partial charge in [-0.3, -0.25) is 4.79 Å². The SMILES string of the molecule is O=C(CSc1nnc(Cc2ccccc2)n1Cc1ccccc1)Nc1nccs1. The number of thiazole rings is 1. The van der Waals surface area contributed by atoms with Gasteiger partial charge in [0, 0.05) is 18.0 Å². The van der Waals surface area contributed by atoms with E-state index in [2.05, 4.69) is 49.3 Å². The van der Waals surface area contributed by atoms with Crippen LogP contribution in [0.25, 0.3) is 0 Å². The Balaban J connectivity index is 1.51. The van der Waals surface area contributed by atoms with Gasteiger partial charge in [-0.15, -0.1) is 21.5 Å². The second-order valence-corrected chi connectivity index (χ2v) is 8.14. The maximum Gasteiger partial charge on any atom is 0.236 e. The van der Waals surface area contributed by atoms with Crippen molar-refractivity contribution in [2.45, 2.75) is 18.1 Å². The van der Waals surface area contributed by atoms with E-state index in [9.17, 15) is 4.79 Å². The fraction of sp³-hybridized carbons (Fsp3) is 0.143. The Morgan fingerprint density at radius 2 is 1.72 bits per heavy atom. The Morgan fingerprint density at radius 1 is 1.00 bits per heavy atom. The molecule has 4 aromatic rings. The van der Waals surface area contributed by atoms with E-state index in [1.54, 1.807) is 6.20 Å². The summed E-state index contributed by atoms with van der Waals surface area (Å²) in [6.07, 6.45) is 2.35. The number of amides is 1. The van der Waals surface area contributed by atoms with Gasteiger partial charge in [-0.25, -0.2) is 4.98 Å². The van der Waals surface area contributed by atoms with Crippen LogP contribution in [0.5, 0.6) is 0 Å². The fourth-order valence-corrected chi connectivity index (χ4v) is 4.13. The van der Waals surface area contributed by atoms with Gasteiger partial charge >= 0.3 is 0 Å². The summed E-state index contributed by atoms with van der Waals surface area (Å²) in [4.78, 5) is 16.3. The average molecular weight is 422 g/mol. The van der Waals surface area contributed by atoms with E-state index in [4.69, 9.17) is 0 Å². The highest BCUT2D eigenvalue weighted by Crippen LogP contribution is 2.21. The maximum atomic E-state index is 12.2. The molecule has 146 valence electrons. The molecule has 0 unspecified atom stereocenters. The number of benzene rings is 2. The van der Waals surface area contributed by atoms with Crippen molar-refractivity contribution in [3.05, 3.63) is 89.2 Å². The molecule has 0 aliphatic carbocycles. The molecule has 0 bridgehead atoms. The van der Waals surface area contributed by atoms with Crippen molar-refractivity contribution in [1.29, 1.82) is 0 Å². The van der Waals surface area contributed by atoms with E-state index < -0.39 is 0 Å². The second kappa shape index (κ2) is 9.49. The largest absolute Gasteiger partial charge is 0.301 e. The van der Waals surface area contributed by atoms with Crippen LogP contribution in [-0.4, -0.2) is 31.4 Å². The molecule has 29 heavy (non-hydrogen) atoms. The molecule has 8 heteroatoms. The first-order valence-corrected chi connectivity index (χ1v) is 11.0. The molecule has 1 amide bonds. The van der Waals surface area contributed by atoms with Gasteiger partial charge in [0.2, 0.25) is 5.91 Å². The summed E-state index contributed by atoms with van der Waals surface area (Å²) >= 11 is 2.78. The van der Waals surface area contributed by atoms with Crippen molar-refractivity contribution in [2.24, 2.45) is 0 Å². The average Bonchev–Trinajstić information content (AvgIpc) is 3.39. The number of carbonyl (C=O) groups is 1. The molecule has 6 nitrogen and oxygen atoms in total. The number of nitrogens with zero attached hydrogens (tertiary/aromatic N) is 4. The van der Waals surface area contributed by atoms with Gasteiger partial charge in [0.1, 0.15) is 5.82 Å².